The Bertz CT molecular complexity index is 1380. The monoisotopic (exact) mass is 510 g/mol. The summed E-state index contributed by atoms with van der Waals surface area (Å²) in [6.45, 7) is 3.55. The molecule has 8 nitrogen and oxygen atoms in total. The summed E-state index contributed by atoms with van der Waals surface area (Å²) >= 11 is 12.7. The summed E-state index contributed by atoms with van der Waals surface area (Å²) < 4.78 is 1.73. The van der Waals surface area contributed by atoms with Crippen molar-refractivity contribution in [2.75, 3.05) is 24.5 Å². The molecule has 180 valence electrons. The van der Waals surface area contributed by atoms with Crippen LogP contribution in [-0.4, -0.2) is 55.8 Å². The molecule has 1 saturated heterocycles. The molecule has 0 bridgehead atoms. The minimum atomic E-state index is -0.932. The van der Waals surface area contributed by atoms with E-state index in [9.17, 15) is 9.90 Å². The lowest BCUT2D eigenvalue weighted by atomic mass is 9.87. The molecule has 0 spiro atoms. The van der Waals surface area contributed by atoms with Gasteiger partial charge in [0.1, 0.15) is 17.6 Å². The number of anilines is 1. The van der Waals surface area contributed by atoms with Crippen LogP contribution in [0.2, 0.25) is 10.0 Å². The molecule has 35 heavy (non-hydrogen) atoms. The fourth-order valence-electron chi connectivity index (χ4n) is 4.69. The van der Waals surface area contributed by atoms with Crippen LogP contribution >= 0.6 is 23.2 Å². The van der Waals surface area contributed by atoms with Gasteiger partial charge in [0, 0.05) is 23.7 Å². The van der Waals surface area contributed by atoms with E-state index in [1.165, 1.54) is 6.33 Å². The van der Waals surface area contributed by atoms with Crippen LogP contribution in [0.15, 0.2) is 54.9 Å². The molecular weight excluding hydrogens is 487 g/mol. The number of rotatable bonds is 6. The van der Waals surface area contributed by atoms with Crippen molar-refractivity contribution in [3.8, 4) is 22.4 Å². The Morgan fingerprint density at radius 3 is 2.46 bits per heavy atom. The van der Waals surface area contributed by atoms with Gasteiger partial charge in [-0.1, -0.05) is 60.5 Å². The number of hydrogen-bond acceptors (Lipinski definition) is 6. The lowest BCUT2D eigenvalue weighted by Crippen LogP contribution is -2.58. The van der Waals surface area contributed by atoms with Crippen LogP contribution in [0, 0.1) is 0 Å². The fourth-order valence-corrected chi connectivity index (χ4v) is 5.04. The molecule has 2 aromatic carbocycles. The number of piperidine rings is 1. The molecule has 0 saturated carbocycles. The second kappa shape index (κ2) is 9.45. The van der Waals surface area contributed by atoms with Crippen molar-refractivity contribution in [3.63, 3.8) is 0 Å². The van der Waals surface area contributed by atoms with Gasteiger partial charge in [0.2, 0.25) is 5.95 Å². The first-order valence-corrected chi connectivity index (χ1v) is 12.2. The normalized spacial score (nSPS) is 15.5. The van der Waals surface area contributed by atoms with Gasteiger partial charge in [-0.15, -0.1) is 0 Å². The van der Waals surface area contributed by atoms with Crippen LogP contribution in [0.5, 0.6) is 0 Å². The summed E-state index contributed by atoms with van der Waals surface area (Å²) in [5.41, 5.74) is 2.89. The van der Waals surface area contributed by atoms with Gasteiger partial charge < -0.3 is 15.3 Å². The summed E-state index contributed by atoms with van der Waals surface area (Å²) in [4.78, 5) is 23.2. The molecule has 0 aliphatic carbocycles. The molecule has 1 aliphatic rings. The Morgan fingerprint density at radius 2 is 1.80 bits per heavy atom. The lowest BCUT2D eigenvalue weighted by Gasteiger charge is -2.39. The molecule has 10 heteroatoms. The number of aromatic nitrogens is 4. The number of likely N-dealkylation sites (N-methyl/N-ethyl adjacent to an activating group) is 1. The van der Waals surface area contributed by atoms with Crippen LogP contribution in [0.1, 0.15) is 19.8 Å². The molecular formula is C25H24Cl2N6O2. The third-order valence-corrected chi connectivity index (χ3v) is 7.07. The van der Waals surface area contributed by atoms with Crippen molar-refractivity contribution in [1.29, 1.82) is 0 Å². The van der Waals surface area contributed by atoms with Gasteiger partial charge in [-0.2, -0.15) is 9.61 Å². The highest BCUT2D eigenvalue weighted by molar-refractivity contribution is 6.33. The van der Waals surface area contributed by atoms with Gasteiger partial charge in [0.15, 0.2) is 5.65 Å². The SMILES string of the molecule is CCNC1(C(=O)O)CCN(c2ncnc3c(-c4ccc(Cl)cc4)c(-c4ccccc4Cl)nn23)CC1. The zero-order valence-corrected chi connectivity index (χ0v) is 20.6. The summed E-state index contributed by atoms with van der Waals surface area (Å²) in [6, 6.07) is 15.1. The van der Waals surface area contributed by atoms with E-state index in [1.54, 1.807) is 4.52 Å². The van der Waals surface area contributed by atoms with Crippen molar-refractivity contribution in [1.82, 2.24) is 24.9 Å². The molecule has 0 radical (unpaired) electrons. The summed E-state index contributed by atoms with van der Waals surface area (Å²) in [7, 11) is 0. The zero-order chi connectivity index (χ0) is 24.6. The fraction of sp³-hybridized carbons (Fsp3) is 0.280. The number of nitrogens with zero attached hydrogens (tertiary/aromatic N) is 5. The largest absolute Gasteiger partial charge is 0.480 e. The zero-order valence-electron chi connectivity index (χ0n) is 19.1. The summed E-state index contributed by atoms with van der Waals surface area (Å²) in [5, 5.41) is 19.1. The topological polar surface area (TPSA) is 95.7 Å². The Morgan fingerprint density at radius 1 is 1.09 bits per heavy atom. The number of benzene rings is 2. The van der Waals surface area contributed by atoms with E-state index in [-0.39, 0.29) is 0 Å². The summed E-state index contributed by atoms with van der Waals surface area (Å²) in [5.74, 6) is -0.212. The quantitative estimate of drug-likeness (QED) is 0.384. The first-order valence-electron chi connectivity index (χ1n) is 11.4. The van der Waals surface area contributed by atoms with Crippen LogP contribution in [-0.2, 0) is 4.79 Å². The van der Waals surface area contributed by atoms with E-state index in [0.717, 1.165) is 16.7 Å². The minimum absolute atomic E-state index is 0.449. The molecule has 0 amide bonds. The number of aliphatic carboxylic acids is 1. The van der Waals surface area contributed by atoms with E-state index in [4.69, 9.17) is 28.3 Å². The highest BCUT2D eigenvalue weighted by Crippen LogP contribution is 2.39. The number of hydrogen-bond donors (Lipinski definition) is 2. The van der Waals surface area contributed by atoms with Crippen molar-refractivity contribution in [3.05, 3.63) is 64.9 Å². The van der Waals surface area contributed by atoms with Gasteiger partial charge in [-0.25, -0.2) is 9.97 Å². The van der Waals surface area contributed by atoms with Gasteiger partial charge in [-0.3, -0.25) is 4.79 Å². The third-order valence-electron chi connectivity index (χ3n) is 6.49. The Labute approximate surface area is 212 Å². The van der Waals surface area contributed by atoms with Crippen molar-refractivity contribution in [2.24, 2.45) is 0 Å². The highest BCUT2D eigenvalue weighted by Gasteiger charge is 2.41. The molecule has 5 rings (SSSR count). The molecule has 1 aliphatic heterocycles. The number of carbonyl (C=O) groups is 1. The number of halogens is 2. The van der Waals surface area contributed by atoms with Crippen molar-refractivity contribution < 1.29 is 9.90 Å². The maximum Gasteiger partial charge on any atom is 0.324 e. The van der Waals surface area contributed by atoms with Gasteiger partial charge in [-0.05, 0) is 43.1 Å². The standard InChI is InChI=1S/C25H24Cl2N6O2/c1-2-30-25(23(34)35)11-13-32(14-12-25)24-29-15-28-22-20(16-7-9-17(26)10-8-16)21(31-33(22)24)18-5-3-4-6-19(18)27/h3-10,15,30H,2,11-14H2,1H3,(H,34,35). The van der Waals surface area contributed by atoms with E-state index in [1.807, 2.05) is 55.5 Å². The smallest absolute Gasteiger partial charge is 0.324 e. The number of fused-ring (bicyclic) bond motifs is 1. The lowest BCUT2D eigenvalue weighted by molar-refractivity contribution is -0.145. The number of nitrogens with one attached hydrogen (secondary N) is 1. The van der Waals surface area contributed by atoms with Crippen molar-refractivity contribution >= 4 is 40.8 Å². The first-order chi connectivity index (χ1) is 16.9. The molecule has 1 fully saturated rings. The van der Waals surface area contributed by atoms with Crippen LogP contribution in [0.3, 0.4) is 0 Å². The van der Waals surface area contributed by atoms with Crippen LogP contribution in [0.25, 0.3) is 28.0 Å². The summed E-state index contributed by atoms with van der Waals surface area (Å²) in [6.07, 6.45) is 2.42. The predicted octanol–water partition coefficient (Wildman–Crippen LogP) is 4.80. The van der Waals surface area contributed by atoms with E-state index >= 15 is 0 Å². The van der Waals surface area contributed by atoms with Crippen LogP contribution in [0.4, 0.5) is 5.95 Å². The third kappa shape index (κ3) is 4.22. The minimum Gasteiger partial charge on any atom is -0.480 e. The van der Waals surface area contributed by atoms with E-state index < -0.39 is 11.5 Å². The molecule has 3 heterocycles. The first kappa shape index (κ1) is 23.5. The Balaban J connectivity index is 1.63. The Hall–Kier alpha value is -3.20. The average Bonchev–Trinajstić information content (AvgIpc) is 3.25. The molecule has 2 N–H and O–H groups in total. The molecule has 4 aromatic rings. The van der Waals surface area contributed by atoms with Gasteiger partial charge in [0.25, 0.3) is 0 Å². The van der Waals surface area contributed by atoms with E-state index in [0.29, 0.717) is 59.8 Å². The second-order valence-corrected chi connectivity index (χ2v) is 9.37. The molecule has 0 atom stereocenters. The molecule has 2 aromatic heterocycles. The van der Waals surface area contributed by atoms with Crippen LogP contribution < -0.4 is 10.2 Å². The van der Waals surface area contributed by atoms with Crippen molar-refractivity contribution in [2.45, 2.75) is 25.3 Å². The maximum absolute atomic E-state index is 12.0. The van der Waals surface area contributed by atoms with Gasteiger partial charge >= 0.3 is 5.97 Å². The molecule has 0 unspecified atom stereocenters. The highest BCUT2D eigenvalue weighted by atomic mass is 35.5. The number of carboxylic acids is 1. The van der Waals surface area contributed by atoms with E-state index in [2.05, 4.69) is 20.2 Å². The number of carboxylic acid groups (broad SMARTS) is 1. The average molecular weight is 511 g/mol. The Kier molecular flexibility index (Phi) is 6.35. The predicted molar refractivity (Wildman–Crippen MR) is 137 cm³/mol. The van der Waals surface area contributed by atoms with Gasteiger partial charge in [0.05, 0.1) is 10.6 Å². The second-order valence-electron chi connectivity index (χ2n) is 8.52. The maximum atomic E-state index is 12.0.